The fraction of sp³-hybridized carbons (Fsp3) is 0.0500. The predicted octanol–water partition coefficient (Wildman–Crippen LogP) is 5.90. The zero-order valence-electron chi connectivity index (χ0n) is 13.7. The smallest absolute Gasteiger partial charge is 0.416 e. The highest BCUT2D eigenvalue weighted by Gasteiger charge is 2.31. The molecule has 3 aromatic carbocycles. The first-order chi connectivity index (χ1) is 12.8. The molecule has 0 saturated heterocycles. The van der Waals surface area contributed by atoms with E-state index in [-0.39, 0.29) is 17.0 Å². The number of alkyl halides is 3. The minimum atomic E-state index is -4.46. The van der Waals surface area contributed by atoms with Gasteiger partial charge in [0.1, 0.15) is 11.3 Å². The molecular formula is C20H12F4N2O. The van der Waals surface area contributed by atoms with Crippen molar-refractivity contribution < 1.29 is 22.0 Å². The molecule has 0 radical (unpaired) electrons. The highest BCUT2D eigenvalue weighted by molar-refractivity contribution is 5.78. The van der Waals surface area contributed by atoms with Crippen molar-refractivity contribution in [3.05, 3.63) is 72.0 Å². The van der Waals surface area contributed by atoms with E-state index in [0.29, 0.717) is 22.4 Å². The van der Waals surface area contributed by atoms with Gasteiger partial charge in [0, 0.05) is 16.8 Å². The molecule has 0 unspecified atom stereocenters. The third-order valence-electron chi connectivity index (χ3n) is 4.13. The molecule has 1 heterocycles. The number of nitrogens with two attached hydrogens (primary N) is 1. The molecule has 0 aliphatic rings. The van der Waals surface area contributed by atoms with Gasteiger partial charge in [-0.2, -0.15) is 13.2 Å². The Morgan fingerprint density at radius 3 is 2.41 bits per heavy atom. The summed E-state index contributed by atoms with van der Waals surface area (Å²) in [6, 6.07) is 14.2. The van der Waals surface area contributed by atoms with E-state index in [1.807, 2.05) is 0 Å². The van der Waals surface area contributed by atoms with Crippen LogP contribution < -0.4 is 5.73 Å². The van der Waals surface area contributed by atoms with Crippen LogP contribution in [-0.4, -0.2) is 4.98 Å². The summed E-state index contributed by atoms with van der Waals surface area (Å²) in [4.78, 5) is 4.15. The molecule has 4 rings (SSSR count). The summed E-state index contributed by atoms with van der Waals surface area (Å²) in [5.41, 5.74) is 6.86. The Bertz CT molecular complexity index is 1150. The topological polar surface area (TPSA) is 52.0 Å². The minimum absolute atomic E-state index is 0.101. The number of rotatable bonds is 2. The van der Waals surface area contributed by atoms with Crippen molar-refractivity contribution in [1.82, 2.24) is 4.98 Å². The summed E-state index contributed by atoms with van der Waals surface area (Å²) in [6.07, 6.45) is -4.46. The van der Waals surface area contributed by atoms with Crippen molar-refractivity contribution in [2.24, 2.45) is 0 Å². The zero-order valence-corrected chi connectivity index (χ0v) is 13.7. The second kappa shape index (κ2) is 6.12. The third kappa shape index (κ3) is 3.23. The third-order valence-corrected chi connectivity index (χ3v) is 4.13. The molecule has 0 aliphatic carbocycles. The van der Waals surface area contributed by atoms with Gasteiger partial charge in [-0.25, -0.2) is 9.37 Å². The van der Waals surface area contributed by atoms with Gasteiger partial charge in [0.05, 0.1) is 5.56 Å². The monoisotopic (exact) mass is 372 g/mol. The van der Waals surface area contributed by atoms with Gasteiger partial charge in [0.15, 0.2) is 5.58 Å². The van der Waals surface area contributed by atoms with Crippen molar-refractivity contribution in [2.75, 3.05) is 5.73 Å². The van der Waals surface area contributed by atoms with Crippen LogP contribution in [0.2, 0.25) is 0 Å². The molecule has 0 fully saturated rings. The molecule has 4 aromatic rings. The van der Waals surface area contributed by atoms with Crippen molar-refractivity contribution in [3.63, 3.8) is 0 Å². The van der Waals surface area contributed by atoms with Gasteiger partial charge in [0.2, 0.25) is 5.89 Å². The number of hydrogen-bond donors (Lipinski definition) is 1. The highest BCUT2D eigenvalue weighted by Crippen LogP contribution is 2.34. The molecular weight excluding hydrogens is 360 g/mol. The molecule has 2 N–H and O–H groups in total. The molecule has 0 amide bonds. The zero-order chi connectivity index (χ0) is 19.2. The first kappa shape index (κ1) is 17.1. The molecule has 0 spiro atoms. The average molecular weight is 372 g/mol. The maximum atomic E-state index is 14.2. The first-order valence-electron chi connectivity index (χ1n) is 7.95. The van der Waals surface area contributed by atoms with Crippen molar-refractivity contribution in [1.29, 1.82) is 0 Å². The van der Waals surface area contributed by atoms with E-state index in [4.69, 9.17) is 10.2 Å². The van der Waals surface area contributed by atoms with E-state index in [9.17, 15) is 17.6 Å². The fourth-order valence-electron chi connectivity index (χ4n) is 2.81. The quantitative estimate of drug-likeness (QED) is 0.352. The lowest BCUT2D eigenvalue weighted by molar-refractivity contribution is -0.137. The Balaban J connectivity index is 1.77. The second-order valence-corrected chi connectivity index (χ2v) is 6.02. The standard InChI is InChI=1S/C20H12F4N2O/c21-16-10-14(25)5-6-15(16)11-2-1-3-12(8-11)19-26-17-9-13(20(22,23)24)4-7-18(17)27-19/h1-10H,25H2. The number of fused-ring (bicyclic) bond motifs is 1. The summed E-state index contributed by atoms with van der Waals surface area (Å²) in [5.74, 6) is -0.318. The van der Waals surface area contributed by atoms with E-state index in [0.717, 1.165) is 12.1 Å². The Morgan fingerprint density at radius 1 is 0.889 bits per heavy atom. The van der Waals surface area contributed by atoms with Crippen LogP contribution in [0, 0.1) is 5.82 Å². The summed E-state index contributed by atoms with van der Waals surface area (Å²) >= 11 is 0. The van der Waals surface area contributed by atoms with E-state index in [1.165, 1.54) is 12.1 Å². The number of aromatic nitrogens is 1. The van der Waals surface area contributed by atoms with Gasteiger partial charge < -0.3 is 10.2 Å². The number of hydrogen-bond acceptors (Lipinski definition) is 3. The maximum absolute atomic E-state index is 14.2. The van der Waals surface area contributed by atoms with E-state index in [1.54, 1.807) is 36.4 Å². The van der Waals surface area contributed by atoms with Gasteiger partial charge in [-0.3, -0.25) is 0 Å². The lowest BCUT2D eigenvalue weighted by atomic mass is 10.0. The van der Waals surface area contributed by atoms with Crippen molar-refractivity contribution in [2.45, 2.75) is 6.18 Å². The molecule has 7 heteroatoms. The van der Waals surface area contributed by atoms with Crippen molar-refractivity contribution in [3.8, 4) is 22.6 Å². The molecule has 1 aromatic heterocycles. The van der Waals surface area contributed by atoms with Crippen LogP contribution in [0.3, 0.4) is 0 Å². The van der Waals surface area contributed by atoms with Crippen molar-refractivity contribution >= 4 is 16.8 Å². The Kier molecular flexibility index (Phi) is 3.87. The van der Waals surface area contributed by atoms with Crippen LogP contribution >= 0.6 is 0 Å². The predicted molar refractivity (Wildman–Crippen MR) is 94.3 cm³/mol. The summed E-state index contributed by atoms with van der Waals surface area (Å²) in [5, 5.41) is 0. The molecule has 0 atom stereocenters. The lowest BCUT2D eigenvalue weighted by Gasteiger charge is -2.05. The number of nitrogen functional groups attached to an aromatic ring is 1. The number of halogens is 4. The van der Waals surface area contributed by atoms with Gasteiger partial charge in [-0.1, -0.05) is 12.1 Å². The lowest BCUT2D eigenvalue weighted by Crippen LogP contribution is -2.03. The first-order valence-corrected chi connectivity index (χ1v) is 7.95. The number of nitrogens with zero attached hydrogens (tertiary/aromatic N) is 1. The van der Waals surface area contributed by atoms with Gasteiger partial charge in [0.25, 0.3) is 0 Å². The summed E-state index contributed by atoms with van der Waals surface area (Å²) < 4.78 is 58.3. The van der Waals surface area contributed by atoms with E-state index >= 15 is 0 Å². The SMILES string of the molecule is Nc1ccc(-c2cccc(-c3nc4cc(C(F)(F)F)ccc4o3)c2)c(F)c1. The average Bonchev–Trinajstić information content (AvgIpc) is 3.04. The van der Waals surface area contributed by atoms with Gasteiger partial charge in [-0.15, -0.1) is 0 Å². The Hall–Kier alpha value is -3.35. The highest BCUT2D eigenvalue weighted by atomic mass is 19.4. The number of anilines is 1. The van der Waals surface area contributed by atoms with Crippen LogP contribution in [0.5, 0.6) is 0 Å². The van der Waals surface area contributed by atoms with Gasteiger partial charge in [-0.05, 0) is 54.1 Å². The number of benzene rings is 3. The molecule has 136 valence electrons. The molecule has 27 heavy (non-hydrogen) atoms. The molecule has 0 aliphatic heterocycles. The van der Waals surface area contributed by atoms with Crippen LogP contribution in [-0.2, 0) is 6.18 Å². The Labute approximate surface area is 151 Å². The molecule has 3 nitrogen and oxygen atoms in total. The van der Waals surface area contributed by atoms with E-state index < -0.39 is 17.6 Å². The largest absolute Gasteiger partial charge is 0.436 e. The Morgan fingerprint density at radius 2 is 1.67 bits per heavy atom. The van der Waals surface area contributed by atoms with Crippen LogP contribution in [0.1, 0.15) is 5.56 Å². The molecule has 0 bridgehead atoms. The van der Waals surface area contributed by atoms with E-state index in [2.05, 4.69) is 4.98 Å². The number of oxazole rings is 1. The summed E-state index contributed by atoms with van der Waals surface area (Å²) in [6.45, 7) is 0. The normalized spacial score (nSPS) is 11.9. The second-order valence-electron chi connectivity index (χ2n) is 6.02. The minimum Gasteiger partial charge on any atom is -0.436 e. The fourth-order valence-corrected chi connectivity index (χ4v) is 2.81. The van der Waals surface area contributed by atoms with Crippen LogP contribution in [0.25, 0.3) is 33.7 Å². The maximum Gasteiger partial charge on any atom is 0.416 e. The van der Waals surface area contributed by atoms with Crippen LogP contribution in [0.4, 0.5) is 23.2 Å². The van der Waals surface area contributed by atoms with Gasteiger partial charge >= 0.3 is 6.18 Å². The molecule has 0 saturated carbocycles. The van der Waals surface area contributed by atoms with Crippen LogP contribution in [0.15, 0.2) is 65.1 Å². The summed E-state index contributed by atoms with van der Waals surface area (Å²) in [7, 11) is 0.